The first-order valence-corrected chi connectivity index (χ1v) is 5.82. The summed E-state index contributed by atoms with van der Waals surface area (Å²) in [4.78, 5) is 15.8. The number of hydrogen-bond donors (Lipinski definition) is 1. The minimum Gasteiger partial charge on any atom is -0.375 e. The van der Waals surface area contributed by atoms with Gasteiger partial charge in [-0.15, -0.1) is 11.3 Å². The highest BCUT2D eigenvalue weighted by molar-refractivity contribution is 7.13. The summed E-state index contributed by atoms with van der Waals surface area (Å²) in [7, 11) is 0. The van der Waals surface area contributed by atoms with Crippen LogP contribution in [-0.4, -0.2) is 35.1 Å². The van der Waals surface area contributed by atoms with Crippen LogP contribution in [0.3, 0.4) is 0 Å². The standard InChI is InChI=1S/C9H10F3N3OS/c10-5-1-2-15(3-5)7(16)9(11,12)6-4-17-8(13)14-6/h4-5H,1-3H2,(H2,13,14)/t5-/m1/s1. The third kappa shape index (κ3) is 2.21. The second-order valence-electron chi connectivity index (χ2n) is 3.78. The molecule has 1 saturated heterocycles. The van der Waals surface area contributed by atoms with E-state index < -0.39 is 23.7 Å². The Morgan fingerprint density at radius 3 is 2.82 bits per heavy atom. The SMILES string of the molecule is Nc1nc(C(F)(F)C(=O)N2CC[C@@H](F)C2)cs1. The van der Waals surface area contributed by atoms with Crippen LogP contribution in [-0.2, 0) is 10.7 Å². The number of aromatic nitrogens is 1. The molecular weight excluding hydrogens is 255 g/mol. The van der Waals surface area contributed by atoms with Gasteiger partial charge in [-0.25, -0.2) is 9.37 Å². The Balaban J connectivity index is 2.17. The number of alkyl halides is 3. The predicted octanol–water partition coefficient (Wildman–Crippen LogP) is 1.39. The molecular formula is C9H10F3N3OS. The third-order valence-electron chi connectivity index (χ3n) is 2.53. The largest absolute Gasteiger partial charge is 0.375 e. The number of nitrogens with zero attached hydrogens (tertiary/aromatic N) is 2. The highest BCUT2D eigenvalue weighted by Crippen LogP contribution is 2.33. The van der Waals surface area contributed by atoms with Crippen molar-refractivity contribution in [3.05, 3.63) is 11.1 Å². The van der Waals surface area contributed by atoms with Gasteiger partial charge in [-0.1, -0.05) is 0 Å². The number of amides is 1. The molecule has 1 fully saturated rings. The minimum atomic E-state index is -3.74. The molecule has 1 aliphatic rings. The van der Waals surface area contributed by atoms with Crippen molar-refractivity contribution >= 4 is 22.4 Å². The van der Waals surface area contributed by atoms with Crippen LogP contribution in [0.2, 0.25) is 0 Å². The highest BCUT2D eigenvalue weighted by atomic mass is 32.1. The van der Waals surface area contributed by atoms with Crippen LogP contribution < -0.4 is 5.73 Å². The first-order chi connectivity index (χ1) is 7.91. The van der Waals surface area contributed by atoms with E-state index in [4.69, 9.17) is 5.73 Å². The van der Waals surface area contributed by atoms with E-state index >= 15 is 0 Å². The van der Waals surface area contributed by atoms with Gasteiger partial charge in [-0.05, 0) is 6.42 Å². The van der Waals surface area contributed by atoms with E-state index in [0.717, 1.165) is 21.6 Å². The van der Waals surface area contributed by atoms with Crippen molar-refractivity contribution in [2.75, 3.05) is 18.8 Å². The summed E-state index contributed by atoms with van der Waals surface area (Å²) in [5.74, 6) is -5.15. The van der Waals surface area contributed by atoms with Gasteiger partial charge >= 0.3 is 5.92 Å². The summed E-state index contributed by atoms with van der Waals surface area (Å²) in [6.45, 7) is -0.275. The molecule has 0 radical (unpaired) electrons. The zero-order valence-corrected chi connectivity index (χ0v) is 9.51. The fourth-order valence-corrected chi connectivity index (χ4v) is 2.23. The molecule has 1 aromatic rings. The maximum absolute atomic E-state index is 13.7. The van der Waals surface area contributed by atoms with Crippen LogP contribution in [0.4, 0.5) is 18.3 Å². The van der Waals surface area contributed by atoms with Crippen molar-refractivity contribution in [2.24, 2.45) is 0 Å². The Kier molecular flexibility index (Phi) is 2.98. The van der Waals surface area contributed by atoms with Gasteiger partial charge in [0.05, 0.1) is 6.54 Å². The summed E-state index contributed by atoms with van der Waals surface area (Å²) in [6.07, 6.45) is -1.13. The Hall–Kier alpha value is -1.31. The van der Waals surface area contributed by atoms with Gasteiger partial charge in [0.15, 0.2) is 5.13 Å². The van der Waals surface area contributed by atoms with E-state index in [9.17, 15) is 18.0 Å². The molecule has 0 unspecified atom stereocenters. The normalized spacial score (nSPS) is 20.9. The molecule has 0 spiro atoms. The number of carbonyl (C=O) groups excluding carboxylic acids is 1. The molecule has 2 N–H and O–H groups in total. The highest BCUT2D eigenvalue weighted by Gasteiger charge is 2.47. The molecule has 0 aromatic carbocycles. The molecule has 1 amide bonds. The molecule has 1 aliphatic heterocycles. The second-order valence-corrected chi connectivity index (χ2v) is 4.67. The molecule has 17 heavy (non-hydrogen) atoms. The van der Waals surface area contributed by atoms with Crippen LogP contribution in [0.15, 0.2) is 5.38 Å². The Labute approximate surface area is 99.2 Å². The average molecular weight is 265 g/mol. The molecule has 2 heterocycles. The van der Waals surface area contributed by atoms with Crippen molar-refractivity contribution in [1.82, 2.24) is 9.88 Å². The van der Waals surface area contributed by atoms with E-state index in [0.29, 0.717) is 0 Å². The number of anilines is 1. The summed E-state index contributed by atoms with van der Waals surface area (Å²) < 4.78 is 40.3. The van der Waals surface area contributed by atoms with Crippen LogP contribution >= 0.6 is 11.3 Å². The number of rotatable bonds is 2. The number of hydrogen-bond acceptors (Lipinski definition) is 4. The fraction of sp³-hybridized carbons (Fsp3) is 0.556. The van der Waals surface area contributed by atoms with Gasteiger partial charge in [0, 0.05) is 11.9 Å². The van der Waals surface area contributed by atoms with Gasteiger partial charge in [0.1, 0.15) is 11.9 Å². The first kappa shape index (κ1) is 12.2. The number of thiazole rings is 1. The molecule has 94 valence electrons. The van der Waals surface area contributed by atoms with Gasteiger partial charge in [0.2, 0.25) is 0 Å². The van der Waals surface area contributed by atoms with Gasteiger partial charge in [-0.2, -0.15) is 8.78 Å². The molecule has 0 aliphatic carbocycles. The number of halogens is 3. The molecule has 0 bridgehead atoms. The number of likely N-dealkylation sites (tertiary alicyclic amines) is 1. The molecule has 1 aromatic heterocycles. The quantitative estimate of drug-likeness (QED) is 0.879. The summed E-state index contributed by atoms with van der Waals surface area (Å²) >= 11 is 0.834. The first-order valence-electron chi connectivity index (χ1n) is 4.94. The zero-order chi connectivity index (χ0) is 12.6. The lowest BCUT2D eigenvalue weighted by atomic mass is 10.2. The molecule has 8 heteroatoms. The Bertz CT molecular complexity index is 437. The maximum Gasteiger partial charge on any atom is 0.367 e. The van der Waals surface area contributed by atoms with Crippen molar-refractivity contribution in [3.8, 4) is 0 Å². The maximum atomic E-state index is 13.7. The lowest BCUT2D eigenvalue weighted by molar-refractivity contribution is -0.158. The van der Waals surface area contributed by atoms with Crippen molar-refractivity contribution in [3.63, 3.8) is 0 Å². The lowest BCUT2D eigenvalue weighted by Crippen LogP contribution is -2.41. The van der Waals surface area contributed by atoms with E-state index in [1.54, 1.807) is 0 Å². The van der Waals surface area contributed by atoms with Crippen LogP contribution in [0.1, 0.15) is 12.1 Å². The van der Waals surface area contributed by atoms with Gasteiger partial charge < -0.3 is 10.6 Å². The molecule has 4 nitrogen and oxygen atoms in total. The molecule has 2 rings (SSSR count). The number of carbonyl (C=O) groups is 1. The number of nitrogens with two attached hydrogens (primary N) is 1. The molecule has 1 atom stereocenters. The second kappa shape index (κ2) is 4.17. The topological polar surface area (TPSA) is 59.2 Å². The Morgan fingerprint density at radius 2 is 2.35 bits per heavy atom. The van der Waals surface area contributed by atoms with Gasteiger partial charge in [-0.3, -0.25) is 4.79 Å². The van der Waals surface area contributed by atoms with Crippen molar-refractivity contribution in [2.45, 2.75) is 18.5 Å². The average Bonchev–Trinajstić information content (AvgIpc) is 2.86. The predicted molar refractivity (Wildman–Crippen MR) is 56.5 cm³/mol. The minimum absolute atomic E-state index is 0.00914. The monoisotopic (exact) mass is 265 g/mol. The van der Waals surface area contributed by atoms with E-state index in [-0.39, 0.29) is 24.6 Å². The fourth-order valence-electron chi connectivity index (χ4n) is 1.64. The smallest absolute Gasteiger partial charge is 0.367 e. The molecule has 0 saturated carbocycles. The van der Waals surface area contributed by atoms with Gasteiger partial charge in [0.25, 0.3) is 5.91 Å². The summed E-state index contributed by atoms with van der Waals surface area (Å²) in [5.41, 5.74) is 4.57. The zero-order valence-electron chi connectivity index (χ0n) is 8.70. The summed E-state index contributed by atoms with van der Waals surface area (Å²) in [6, 6.07) is 0. The Morgan fingerprint density at radius 1 is 1.65 bits per heavy atom. The summed E-state index contributed by atoms with van der Waals surface area (Å²) in [5, 5.41) is 1.01. The van der Waals surface area contributed by atoms with Crippen molar-refractivity contribution in [1.29, 1.82) is 0 Å². The lowest BCUT2D eigenvalue weighted by Gasteiger charge is -2.21. The number of nitrogen functional groups attached to an aromatic ring is 1. The van der Waals surface area contributed by atoms with Crippen LogP contribution in [0, 0.1) is 0 Å². The van der Waals surface area contributed by atoms with E-state index in [1.165, 1.54) is 0 Å². The van der Waals surface area contributed by atoms with E-state index in [2.05, 4.69) is 4.98 Å². The third-order valence-corrected chi connectivity index (χ3v) is 3.20. The van der Waals surface area contributed by atoms with Crippen molar-refractivity contribution < 1.29 is 18.0 Å². The van der Waals surface area contributed by atoms with Crippen LogP contribution in [0.25, 0.3) is 0 Å². The van der Waals surface area contributed by atoms with Crippen LogP contribution in [0.5, 0.6) is 0 Å². The van der Waals surface area contributed by atoms with E-state index in [1.807, 2.05) is 0 Å².